The van der Waals surface area contributed by atoms with Gasteiger partial charge in [0.05, 0.1) is 6.10 Å². The summed E-state index contributed by atoms with van der Waals surface area (Å²) in [6, 6.07) is 5.80. The van der Waals surface area contributed by atoms with Crippen molar-refractivity contribution in [1.29, 1.82) is 5.26 Å². The van der Waals surface area contributed by atoms with E-state index in [1.807, 2.05) is 0 Å². The third-order valence-electron chi connectivity index (χ3n) is 6.63. The number of rotatable bonds is 7. The Morgan fingerprint density at radius 2 is 1.69 bits per heavy atom. The van der Waals surface area contributed by atoms with Gasteiger partial charge in [0.2, 0.25) is 0 Å². The van der Waals surface area contributed by atoms with Crippen LogP contribution in [-0.2, 0) is 4.74 Å². The highest BCUT2D eigenvalue weighted by atomic mass is 19.2. The number of ether oxygens (including phenoxy) is 1. The second-order valence-electron chi connectivity index (χ2n) is 8.61. The van der Waals surface area contributed by atoms with Crippen molar-refractivity contribution in [3.8, 4) is 6.07 Å². The molecule has 0 unspecified atom stereocenters. The van der Waals surface area contributed by atoms with Crippen LogP contribution in [0.1, 0.15) is 75.7 Å². The fourth-order valence-corrected chi connectivity index (χ4v) is 4.78. The van der Waals surface area contributed by atoms with Gasteiger partial charge in [0.25, 0.3) is 0 Å². The zero-order valence-corrected chi connectivity index (χ0v) is 16.9. The lowest BCUT2D eigenvalue weighted by molar-refractivity contribution is -0.00825. The Balaban J connectivity index is 1.32. The lowest BCUT2D eigenvalue weighted by atomic mass is 9.79. The van der Waals surface area contributed by atoms with Crippen molar-refractivity contribution >= 4 is 0 Å². The van der Waals surface area contributed by atoms with Crippen LogP contribution >= 0.6 is 0 Å². The molecular formula is C24H30F3NO. The van der Waals surface area contributed by atoms with E-state index in [9.17, 15) is 13.2 Å². The van der Waals surface area contributed by atoms with E-state index in [-0.39, 0.29) is 0 Å². The predicted molar refractivity (Wildman–Crippen MR) is 107 cm³/mol. The number of hydrogen-bond donors (Lipinski definition) is 0. The lowest BCUT2D eigenvalue weighted by Crippen LogP contribution is -2.25. The minimum absolute atomic E-state index is 0.316. The van der Waals surface area contributed by atoms with Gasteiger partial charge in [-0.3, -0.25) is 0 Å². The van der Waals surface area contributed by atoms with Gasteiger partial charge in [-0.25, -0.2) is 8.78 Å². The SMILES string of the molecule is N#C/C(F)=C/CC[C@H]1CC[C@H](OC[C@H]2CC[C@H](c3ccc(F)c(F)c3)CC2)CC1. The molecule has 0 atom stereocenters. The maximum absolute atomic E-state index is 13.5. The van der Waals surface area contributed by atoms with Gasteiger partial charge in [0, 0.05) is 6.61 Å². The highest BCUT2D eigenvalue weighted by molar-refractivity contribution is 5.22. The molecule has 3 rings (SSSR count). The maximum Gasteiger partial charge on any atom is 0.196 e. The van der Waals surface area contributed by atoms with Crippen molar-refractivity contribution in [2.75, 3.05) is 6.61 Å². The van der Waals surface area contributed by atoms with E-state index < -0.39 is 17.5 Å². The summed E-state index contributed by atoms with van der Waals surface area (Å²) in [5.74, 6) is -0.748. The molecule has 2 fully saturated rings. The number of hydrogen-bond acceptors (Lipinski definition) is 2. The summed E-state index contributed by atoms with van der Waals surface area (Å²) >= 11 is 0. The van der Waals surface area contributed by atoms with Crippen LogP contribution in [-0.4, -0.2) is 12.7 Å². The second-order valence-corrected chi connectivity index (χ2v) is 8.61. The molecule has 29 heavy (non-hydrogen) atoms. The molecule has 2 aliphatic carbocycles. The van der Waals surface area contributed by atoms with Gasteiger partial charge in [0.15, 0.2) is 17.5 Å². The van der Waals surface area contributed by atoms with Gasteiger partial charge in [-0.15, -0.1) is 0 Å². The third kappa shape index (κ3) is 6.60. The van der Waals surface area contributed by atoms with E-state index in [1.165, 1.54) is 24.3 Å². The van der Waals surface area contributed by atoms with E-state index in [2.05, 4.69) is 0 Å². The smallest absolute Gasteiger partial charge is 0.196 e. The molecule has 0 aliphatic heterocycles. The normalized spacial score (nSPS) is 28.1. The summed E-state index contributed by atoms with van der Waals surface area (Å²) in [7, 11) is 0. The average molecular weight is 406 g/mol. The van der Waals surface area contributed by atoms with E-state index in [0.717, 1.165) is 70.0 Å². The highest BCUT2D eigenvalue weighted by Gasteiger charge is 2.26. The number of allylic oxidation sites excluding steroid dienone is 2. The molecule has 2 saturated carbocycles. The minimum atomic E-state index is -0.781. The summed E-state index contributed by atoms with van der Waals surface area (Å²) in [5, 5.41) is 8.43. The number of nitrogens with zero attached hydrogens (tertiary/aromatic N) is 1. The Morgan fingerprint density at radius 1 is 1.00 bits per heavy atom. The van der Waals surface area contributed by atoms with Crippen LogP contribution in [0.15, 0.2) is 30.1 Å². The molecule has 158 valence electrons. The van der Waals surface area contributed by atoms with Crippen LogP contribution in [0.25, 0.3) is 0 Å². The number of halogens is 3. The van der Waals surface area contributed by atoms with E-state index in [0.29, 0.717) is 30.3 Å². The zero-order valence-electron chi connectivity index (χ0n) is 16.9. The zero-order chi connectivity index (χ0) is 20.6. The fraction of sp³-hybridized carbons (Fsp3) is 0.625. The third-order valence-corrected chi connectivity index (χ3v) is 6.63. The van der Waals surface area contributed by atoms with Crippen molar-refractivity contribution < 1.29 is 17.9 Å². The summed E-state index contributed by atoms with van der Waals surface area (Å²) in [6.07, 6.45) is 11.7. The summed E-state index contributed by atoms with van der Waals surface area (Å²) < 4.78 is 45.6. The summed E-state index contributed by atoms with van der Waals surface area (Å²) in [4.78, 5) is 0. The Bertz CT molecular complexity index is 726. The molecule has 1 aromatic carbocycles. The molecule has 2 aliphatic rings. The molecular weight excluding hydrogens is 375 g/mol. The van der Waals surface area contributed by atoms with Crippen molar-refractivity contribution in [2.24, 2.45) is 11.8 Å². The molecule has 0 spiro atoms. The molecule has 0 N–H and O–H groups in total. The molecule has 0 amide bonds. The van der Waals surface area contributed by atoms with Gasteiger partial charge < -0.3 is 4.74 Å². The van der Waals surface area contributed by atoms with Crippen molar-refractivity contribution in [2.45, 2.75) is 76.2 Å². The monoisotopic (exact) mass is 405 g/mol. The summed E-state index contributed by atoms with van der Waals surface area (Å²) in [6.45, 7) is 0.788. The Kier molecular flexibility index (Phi) is 8.18. The standard InChI is InChI=1S/C24H30F3NO/c25-21(15-28)3-1-2-17-6-11-22(12-7-17)29-16-18-4-8-19(9-5-18)20-10-13-23(26)24(27)14-20/h3,10,13-14,17-19,22H,1-2,4-9,11-12,16H2/b21-3-/t17-,18-,19-,22-. The van der Waals surface area contributed by atoms with Crippen LogP contribution in [0.2, 0.25) is 0 Å². The maximum atomic E-state index is 13.5. The second kappa shape index (κ2) is 10.8. The molecule has 2 nitrogen and oxygen atoms in total. The Morgan fingerprint density at radius 3 is 2.34 bits per heavy atom. The largest absolute Gasteiger partial charge is 0.378 e. The quantitative estimate of drug-likeness (QED) is 0.459. The molecule has 1 aromatic rings. The van der Waals surface area contributed by atoms with E-state index in [1.54, 1.807) is 6.07 Å². The average Bonchev–Trinajstić information content (AvgIpc) is 2.75. The predicted octanol–water partition coefficient (Wildman–Crippen LogP) is 6.97. The van der Waals surface area contributed by atoms with Crippen molar-refractivity contribution in [3.05, 3.63) is 47.3 Å². The molecule has 5 heteroatoms. The molecule has 0 saturated heterocycles. The highest BCUT2D eigenvalue weighted by Crippen LogP contribution is 2.37. The van der Waals surface area contributed by atoms with Crippen molar-refractivity contribution in [1.82, 2.24) is 0 Å². The van der Waals surface area contributed by atoms with Gasteiger partial charge in [0.1, 0.15) is 6.07 Å². The van der Waals surface area contributed by atoms with Crippen LogP contribution < -0.4 is 0 Å². The van der Waals surface area contributed by atoms with Crippen LogP contribution in [0.3, 0.4) is 0 Å². The van der Waals surface area contributed by atoms with Crippen LogP contribution in [0, 0.1) is 34.8 Å². The first kappa shape index (κ1) is 21.9. The molecule has 0 aromatic heterocycles. The topological polar surface area (TPSA) is 33.0 Å². The summed E-state index contributed by atoms with van der Waals surface area (Å²) in [5.41, 5.74) is 0.908. The van der Waals surface area contributed by atoms with Crippen molar-refractivity contribution in [3.63, 3.8) is 0 Å². The van der Waals surface area contributed by atoms with Gasteiger partial charge in [-0.05, 0) is 106 Å². The number of nitriles is 1. The molecule has 0 radical (unpaired) electrons. The minimum Gasteiger partial charge on any atom is -0.378 e. The Hall–Kier alpha value is -1.80. The van der Waals surface area contributed by atoms with Crippen LogP contribution in [0.5, 0.6) is 0 Å². The fourth-order valence-electron chi connectivity index (χ4n) is 4.78. The number of benzene rings is 1. The van der Waals surface area contributed by atoms with Crippen LogP contribution in [0.4, 0.5) is 13.2 Å². The molecule has 0 bridgehead atoms. The van der Waals surface area contributed by atoms with Gasteiger partial charge >= 0.3 is 0 Å². The van der Waals surface area contributed by atoms with E-state index in [4.69, 9.17) is 10.00 Å². The first-order chi connectivity index (χ1) is 14.0. The Labute approximate surface area is 171 Å². The van der Waals surface area contributed by atoms with Gasteiger partial charge in [-0.1, -0.05) is 6.07 Å². The van der Waals surface area contributed by atoms with Gasteiger partial charge in [-0.2, -0.15) is 9.65 Å². The first-order valence-electron chi connectivity index (χ1n) is 10.9. The molecule has 0 heterocycles. The lowest BCUT2D eigenvalue weighted by Gasteiger charge is -2.32. The van der Waals surface area contributed by atoms with E-state index >= 15 is 0 Å². The first-order valence-corrected chi connectivity index (χ1v) is 10.9.